The highest BCUT2D eigenvalue weighted by Crippen LogP contribution is 2.35. The number of hydrogen-bond donors (Lipinski definition) is 1. The van der Waals surface area contributed by atoms with Crippen molar-refractivity contribution >= 4 is 33.4 Å². The maximum atomic E-state index is 13.5. The van der Waals surface area contributed by atoms with Gasteiger partial charge in [0.25, 0.3) is 5.91 Å². The molecule has 2 aliphatic heterocycles. The molecule has 1 aliphatic carbocycles. The van der Waals surface area contributed by atoms with E-state index >= 15 is 0 Å². The number of carbonyl (C=O) groups excluding carboxylic acids is 2. The Morgan fingerprint density at radius 3 is 2.48 bits per heavy atom. The maximum absolute atomic E-state index is 13.5. The van der Waals surface area contributed by atoms with Gasteiger partial charge in [-0.2, -0.15) is 0 Å². The standard InChI is InChI=1S/C25H28BrN3O4/c26-19-7-3-6-18(14-19)25(31)29-12-10-28(11-13-29)23(17-4-1-2-5-17)24(30)27-20-8-9-21-22(15-20)33-16-32-21/h3,6-9,14-15,17,23H,1-2,4-5,10-13,16H2,(H,27,30). The molecule has 1 saturated carbocycles. The number of amides is 2. The van der Waals surface area contributed by atoms with Crippen molar-refractivity contribution in [2.45, 2.75) is 31.7 Å². The van der Waals surface area contributed by atoms with Crippen LogP contribution in [-0.2, 0) is 4.79 Å². The number of fused-ring (bicyclic) bond motifs is 1. The zero-order chi connectivity index (χ0) is 22.8. The molecule has 2 amide bonds. The van der Waals surface area contributed by atoms with Crippen LogP contribution < -0.4 is 14.8 Å². The van der Waals surface area contributed by atoms with Gasteiger partial charge in [-0.25, -0.2) is 0 Å². The maximum Gasteiger partial charge on any atom is 0.253 e. The van der Waals surface area contributed by atoms with Crippen molar-refractivity contribution in [2.75, 3.05) is 38.3 Å². The minimum absolute atomic E-state index is 0.0209. The number of hydrogen-bond acceptors (Lipinski definition) is 5. The molecule has 7 nitrogen and oxygen atoms in total. The number of nitrogens with one attached hydrogen (secondary N) is 1. The van der Waals surface area contributed by atoms with Crippen molar-refractivity contribution in [3.8, 4) is 11.5 Å². The molecule has 5 rings (SSSR count). The van der Waals surface area contributed by atoms with Crippen LogP contribution in [0, 0.1) is 5.92 Å². The molecule has 0 spiro atoms. The summed E-state index contributed by atoms with van der Waals surface area (Å²) in [6.07, 6.45) is 4.46. The first-order valence-electron chi connectivity index (χ1n) is 11.6. The Hall–Kier alpha value is -2.58. The summed E-state index contributed by atoms with van der Waals surface area (Å²) in [6, 6.07) is 12.8. The Morgan fingerprint density at radius 1 is 0.970 bits per heavy atom. The highest BCUT2D eigenvalue weighted by molar-refractivity contribution is 9.10. The third-order valence-electron chi connectivity index (χ3n) is 6.82. The summed E-state index contributed by atoms with van der Waals surface area (Å²) in [7, 11) is 0. The summed E-state index contributed by atoms with van der Waals surface area (Å²) >= 11 is 3.44. The molecule has 2 aromatic rings. The second kappa shape index (κ2) is 9.73. The SMILES string of the molecule is O=C(Nc1ccc2c(c1)OCO2)C(C1CCCC1)N1CCN(C(=O)c2cccc(Br)c2)CC1. The lowest BCUT2D eigenvalue weighted by atomic mass is 9.94. The second-order valence-electron chi connectivity index (χ2n) is 8.89. The molecular formula is C25H28BrN3O4. The zero-order valence-electron chi connectivity index (χ0n) is 18.5. The van der Waals surface area contributed by atoms with E-state index in [1.165, 1.54) is 12.8 Å². The van der Waals surface area contributed by atoms with Crippen LogP contribution in [0.25, 0.3) is 0 Å². The first kappa shape index (κ1) is 22.2. The first-order chi connectivity index (χ1) is 16.1. The van der Waals surface area contributed by atoms with Gasteiger partial charge in [-0.05, 0) is 49.1 Å². The molecule has 1 atom stereocenters. The van der Waals surface area contributed by atoms with Gasteiger partial charge >= 0.3 is 0 Å². The van der Waals surface area contributed by atoms with Gasteiger partial charge in [0.2, 0.25) is 12.7 Å². The number of ether oxygens (including phenoxy) is 2. The second-order valence-corrected chi connectivity index (χ2v) is 9.80. The summed E-state index contributed by atoms with van der Waals surface area (Å²) < 4.78 is 11.7. The topological polar surface area (TPSA) is 71.1 Å². The van der Waals surface area contributed by atoms with E-state index in [9.17, 15) is 9.59 Å². The Balaban J connectivity index is 1.26. The van der Waals surface area contributed by atoms with Gasteiger partial charge in [-0.1, -0.05) is 34.8 Å². The third kappa shape index (κ3) is 4.87. The number of benzene rings is 2. The van der Waals surface area contributed by atoms with Gasteiger partial charge in [-0.15, -0.1) is 0 Å². The van der Waals surface area contributed by atoms with Gasteiger partial charge in [0.15, 0.2) is 11.5 Å². The quantitative estimate of drug-likeness (QED) is 0.650. The Kier molecular flexibility index (Phi) is 6.55. The zero-order valence-corrected chi connectivity index (χ0v) is 20.1. The fourth-order valence-corrected chi connectivity index (χ4v) is 5.55. The summed E-state index contributed by atoms with van der Waals surface area (Å²) in [4.78, 5) is 30.6. The number of piperazine rings is 1. The number of rotatable bonds is 5. The van der Waals surface area contributed by atoms with Gasteiger partial charge in [-0.3, -0.25) is 14.5 Å². The molecule has 0 bridgehead atoms. The minimum atomic E-state index is -0.193. The molecule has 2 aromatic carbocycles. The number of nitrogens with zero attached hydrogens (tertiary/aromatic N) is 2. The molecule has 2 heterocycles. The van der Waals surface area contributed by atoms with Crippen LogP contribution in [0.5, 0.6) is 11.5 Å². The van der Waals surface area contributed by atoms with Crippen LogP contribution in [0.15, 0.2) is 46.9 Å². The van der Waals surface area contributed by atoms with E-state index in [1.807, 2.05) is 47.4 Å². The van der Waals surface area contributed by atoms with Gasteiger partial charge in [0, 0.05) is 48.0 Å². The molecule has 8 heteroatoms. The molecule has 1 N–H and O–H groups in total. The van der Waals surface area contributed by atoms with Crippen molar-refractivity contribution in [3.63, 3.8) is 0 Å². The van der Waals surface area contributed by atoms with Crippen LogP contribution >= 0.6 is 15.9 Å². The predicted octanol–water partition coefficient (Wildman–Crippen LogP) is 4.13. The predicted molar refractivity (Wildman–Crippen MR) is 129 cm³/mol. The Bertz CT molecular complexity index is 1030. The first-order valence-corrected chi connectivity index (χ1v) is 12.4. The number of anilines is 1. The highest BCUT2D eigenvalue weighted by Gasteiger charge is 2.37. The molecular weight excluding hydrogens is 486 g/mol. The van der Waals surface area contributed by atoms with Crippen molar-refractivity contribution in [1.29, 1.82) is 0 Å². The van der Waals surface area contributed by atoms with E-state index < -0.39 is 0 Å². The molecule has 1 saturated heterocycles. The van der Waals surface area contributed by atoms with Crippen LogP contribution in [0.1, 0.15) is 36.0 Å². The van der Waals surface area contributed by atoms with Crippen LogP contribution in [0.2, 0.25) is 0 Å². The van der Waals surface area contributed by atoms with E-state index in [4.69, 9.17) is 9.47 Å². The Morgan fingerprint density at radius 2 is 1.73 bits per heavy atom. The third-order valence-corrected chi connectivity index (χ3v) is 7.31. The molecule has 0 radical (unpaired) electrons. The molecule has 33 heavy (non-hydrogen) atoms. The lowest BCUT2D eigenvalue weighted by Crippen LogP contribution is -2.56. The normalized spacial score (nSPS) is 19.5. The molecule has 3 aliphatic rings. The van der Waals surface area contributed by atoms with Crippen molar-refractivity contribution in [1.82, 2.24) is 9.80 Å². The average molecular weight is 514 g/mol. The van der Waals surface area contributed by atoms with E-state index in [1.54, 1.807) is 0 Å². The van der Waals surface area contributed by atoms with Crippen molar-refractivity contribution < 1.29 is 19.1 Å². The van der Waals surface area contributed by atoms with Gasteiger partial charge in [0.05, 0.1) is 6.04 Å². The minimum Gasteiger partial charge on any atom is -0.454 e. The van der Waals surface area contributed by atoms with E-state index in [-0.39, 0.29) is 24.6 Å². The summed E-state index contributed by atoms with van der Waals surface area (Å²) in [5.74, 6) is 1.76. The smallest absolute Gasteiger partial charge is 0.253 e. The summed E-state index contributed by atoms with van der Waals surface area (Å²) in [5, 5.41) is 3.11. The summed E-state index contributed by atoms with van der Waals surface area (Å²) in [5.41, 5.74) is 1.40. The van der Waals surface area contributed by atoms with Crippen LogP contribution in [0.4, 0.5) is 5.69 Å². The van der Waals surface area contributed by atoms with Gasteiger partial charge in [0.1, 0.15) is 0 Å². The highest BCUT2D eigenvalue weighted by atomic mass is 79.9. The number of carbonyl (C=O) groups is 2. The number of halogens is 1. The lowest BCUT2D eigenvalue weighted by molar-refractivity contribution is -0.123. The lowest BCUT2D eigenvalue weighted by Gasteiger charge is -2.40. The fourth-order valence-electron chi connectivity index (χ4n) is 5.15. The molecule has 0 aromatic heterocycles. The molecule has 2 fully saturated rings. The van der Waals surface area contributed by atoms with E-state index in [2.05, 4.69) is 26.1 Å². The van der Waals surface area contributed by atoms with Crippen LogP contribution in [0.3, 0.4) is 0 Å². The van der Waals surface area contributed by atoms with Crippen molar-refractivity contribution in [3.05, 3.63) is 52.5 Å². The average Bonchev–Trinajstić information content (AvgIpc) is 3.51. The van der Waals surface area contributed by atoms with E-state index in [0.29, 0.717) is 49.2 Å². The largest absolute Gasteiger partial charge is 0.454 e. The monoisotopic (exact) mass is 513 g/mol. The fraction of sp³-hybridized carbons (Fsp3) is 0.440. The summed E-state index contributed by atoms with van der Waals surface area (Å²) in [6.45, 7) is 2.82. The van der Waals surface area contributed by atoms with Gasteiger partial charge < -0.3 is 19.7 Å². The van der Waals surface area contributed by atoms with Crippen LogP contribution in [-0.4, -0.2) is 60.6 Å². The Labute approximate surface area is 202 Å². The molecule has 174 valence electrons. The van der Waals surface area contributed by atoms with E-state index in [0.717, 1.165) is 23.0 Å². The molecule has 1 unspecified atom stereocenters. The van der Waals surface area contributed by atoms with Crippen molar-refractivity contribution in [2.24, 2.45) is 5.92 Å².